The number of halogens is 1. The number of benzene rings is 2. The largest absolute Gasteiger partial charge is 0.330 e. The number of aryl methyl sites for hydroxylation is 1. The summed E-state index contributed by atoms with van der Waals surface area (Å²) < 4.78 is 13.7. The molecule has 2 amide bonds. The molecule has 0 radical (unpaired) electrons. The van der Waals surface area contributed by atoms with E-state index in [0.717, 1.165) is 17.5 Å². The van der Waals surface area contributed by atoms with Crippen LogP contribution >= 0.6 is 11.3 Å². The molecule has 6 heteroatoms. The summed E-state index contributed by atoms with van der Waals surface area (Å²) in [5, 5.41) is 2.09. The molecule has 0 bridgehead atoms. The van der Waals surface area contributed by atoms with Crippen molar-refractivity contribution in [1.82, 2.24) is 9.80 Å². The van der Waals surface area contributed by atoms with Crippen molar-refractivity contribution in [2.75, 3.05) is 19.6 Å². The highest BCUT2D eigenvalue weighted by molar-refractivity contribution is 7.10. The van der Waals surface area contributed by atoms with Gasteiger partial charge in [0.15, 0.2) is 0 Å². The molecule has 1 aliphatic rings. The minimum atomic E-state index is -0.461. The highest BCUT2D eigenvalue weighted by atomic mass is 32.1. The summed E-state index contributed by atoms with van der Waals surface area (Å²) in [5.41, 5.74) is 3.67. The summed E-state index contributed by atoms with van der Waals surface area (Å²) >= 11 is 1.73. The van der Waals surface area contributed by atoms with E-state index in [0.29, 0.717) is 13.1 Å². The van der Waals surface area contributed by atoms with Gasteiger partial charge in [0.2, 0.25) is 5.91 Å². The van der Waals surface area contributed by atoms with Gasteiger partial charge in [0.05, 0.1) is 6.04 Å². The first-order valence-electron chi connectivity index (χ1n) is 11.3. The van der Waals surface area contributed by atoms with Crippen LogP contribution in [0.15, 0.2) is 60.0 Å². The summed E-state index contributed by atoms with van der Waals surface area (Å²) in [6, 6.07) is 15.8. The lowest BCUT2D eigenvalue weighted by Gasteiger charge is -2.38. The van der Waals surface area contributed by atoms with Crippen molar-refractivity contribution in [1.29, 1.82) is 0 Å². The van der Waals surface area contributed by atoms with E-state index in [1.165, 1.54) is 28.6 Å². The molecule has 0 spiro atoms. The van der Waals surface area contributed by atoms with Crippen LogP contribution in [0.4, 0.5) is 4.39 Å². The van der Waals surface area contributed by atoms with Crippen LogP contribution in [0.5, 0.6) is 0 Å². The van der Waals surface area contributed by atoms with Gasteiger partial charge < -0.3 is 9.80 Å². The van der Waals surface area contributed by atoms with Gasteiger partial charge in [-0.3, -0.25) is 9.59 Å². The van der Waals surface area contributed by atoms with E-state index in [-0.39, 0.29) is 35.9 Å². The zero-order valence-electron chi connectivity index (χ0n) is 19.3. The van der Waals surface area contributed by atoms with E-state index < -0.39 is 5.82 Å². The molecule has 0 N–H and O–H groups in total. The molecule has 0 saturated carbocycles. The highest BCUT2D eigenvalue weighted by Gasteiger charge is 2.34. The molecule has 33 heavy (non-hydrogen) atoms. The van der Waals surface area contributed by atoms with Gasteiger partial charge in [0.25, 0.3) is 5.91 Å². The van der Waals surface area contributed by atoms with Crippen LogP contribution in [0.3, 0.4) is 0 Å². The van der Waals surface area contributed by atoms with Crippen molar-refractivity contribution in [3.63, 3.8) is 0 Å². The number of carbonyl (C=O) groups is 2. The van der Waals surface area contributed by atoms with Crippen molar-refractivity contribution >= 4 is 23.2 Å². The number of carbonyl (C=O) groups excluding carboxylic acids is 2. The Morgan fingerprint density at radius 1 is 1.12 bits per heavy atom. The Bertz CT molecular complexity index is 1160. The highest BCUT2D eigenvalue weighted by Crippen LogP contribution is 2.39. The number of rotatable bonds is 6. The molecule has 1 atom stereocenters. The van der Waals surface area contributed by atoms with Gasteiger partial charge in [0, 0.05) is 23.5 Å². The van der Waals surface area contributed by atoms with Gasteiger partial charge in [-0.15, -0.1) is 11.3 Å². The van der Waals surface area contributed by atoms with Crippen molar-refractivity contribution in [2.45, 2.75) is 33.2 Å². The van der Waals surface area contributed by atoms with Crippen molar-refractivity contribution in [3.05, 3.63) is 92.9 Å². The van der Waals surface area contributed by atoms with E-state index >= 15 is 0 Å². The lowest BCUT2D eigenvalue weighted by Crippen LogP contribution is -2.47. The van der Waals surface area contributed by atoms with E-state index in [9.17, 15) is 14.0 Å². The molecule has 0 saturated heterocycles. The van der Waals surface area contributed by atoms with Crippen LogP contribution in [0.1, 0.15) is 51.8 Å². The predicted octanol–water partition coefficient (Wildman–Crippen LogP) is 5.47. The van der Waals surface area contributed by atoms with Gasteiger partial charge in [-0.2, -0.15) is 0 Å². The van der Waals surface area contributed by atoms with E-state index in [2.05, 4.69) is 30.5 Å². The van der Waals surface area contributed by atoms with Crippen LogP contribution < -0.4 is 0 Å². The minimum absolute atomic E-state index is 0.0324. The third-order valence-electron chi connectivity index (χ3n) is 6.04. The van der Waals surface area contributed by atoms with Crippen LogP contribution in [0.25, 0.3) is 0 Å². The number of amides is 2. The quantitative estimate of drug-likeness (QED) is 0.486. The lowest BCUT2D eigenvalue weighted by molar-refractivity contribution is -0.134. The first-order chi connectivity index (χ1) is 15.8. The number of hydrogen-bond acceptors (Lipinski definition) is 3. The van der Waals surface area contributed by atoms with Gasteiger partial charge in [-0.1, -0.05) is 44.2 Å². The smallest absolute Gasteiger partial charge is 0.254 e. The van der Waals surface area contributed by atoms with Gasteiger partial charge in [-0.05, 0) is 65.6 Å². The summed E-state index contributed by atoms with van der Waals surface area (Å²) in [4.78, 5) is 31.7. The Morgan fingerprint density at radius 3 is 2.64 bits per heavy atom. The first kappa shape index (κ1) is 23.2. The minimum Gasteiger partial charge on any atom is -0.330 e. The lowest BCUT2D eigenvalue weighted by atomic mass is 9.90. The Balaban J connectivity index is 1.64. The zero-order valence-corrected chi connectivity index (χ0v) is 20.1. The predicted molar refractivity (Wildman–Crippen MR) is 130 cm³/mol. The van der Waals surface area contributed by atoms with E-state index in [1.807, 2.05) is 30.9 Å². The maximum atomic E-state index is 13.7. The van der Waals surface area contributed by atoms with Gasteiger partial charge >= 0.3 is 0 Å². The third kappa shape index (κ3) is 5.01. The fourth-order valence-corrected chi connectivity index (χ4v) is 5.44. The molecule has 1 unspecified atom stereocenters. The molecular weight excluding hydrogens is 435 g/mol. The Kier molecular flexibility index (Phi) is 6.94. The monoisotopic (exact) mass is 464 g/mol. The number of thiophene rings is 1. The topological polar surface area (TPSA) is 40.6 Å². The molecule has 4 nitrogen and oxygen atoms in total. The molecule has 0 aliphatic carbocycles. The maximum Gasteiger partial charge on any atom is 0.254 e. The Hall–Kier alpha value is -2.99. The van der Waals surface area contributed by atoms with Crippen molar-refractivity contribution < 1.29 is 14.0 Å². The van der Waals surface area contributed by atoms with Crippen LogP contribution in [0.2, 0.25) is 0 Å². The Morgan fingerprint density at radius 2 is 1.91 bits per heavy atom. The standard InChI is InChI=1S/C27H29FN2O2S/c1-18(2)16-29(27(32)20-8-6-9-21(28)15-20)17-25(31)30-13-11-24-23(12-14-33-24)26(30)22-10-5-4-7-19(22)3/h4-10,12,14-15,18,26H,11,13,16-17H2,1-3H3. The SMILES string of the molecule is Cc1ccccc1C1c2ccsc2CCN1C(=O)CN(CC(C)C)C(=O)c1cccc(F)c1. The summed E-state index contributed by atoms with van der Waals surface area (Å²) in [6.45, 7) is 7.07. The maximum absolute atomic E-state index is 13.7. The van der Waals surface area contributed by atoms with Crippen LogP contribution in [-0.2, 0) is 11.2 Å². The Labute approximate surface area is 198 Å². The molecule has 0 fully saturated rings. The normalized spacial score (nSPS) is 15.4. The summed E-state index contributed by atoms with van der Waals surface area (Å²) in [5.74, 6) is -0.702. The average molecular weight is 465 g/mol. The second kappa shape index (κ2) is 9.87. The second-order valence-electron chi connectivity index (χ2n) is 8.99. The average Bonchev–Trinajstić information content (AvgIpc) is 3.26. The van der Waals surface area contributed by atoms with E-state index in [4.69, 9.17) is 0 Å². The third-order valence-corrected chi connectivity index (χ3v) is 7.04. The van der Waals surface area contributed by atoms with E-state index in [1.54, 1.807) is 22.3 Å². The number of hydrogen-bond donors (Lipinski definition) is 0. The number of nitrogens with zero attached hydrogens (tertiary/aromatic N) is 2. The molecule has 3 aromatic rings. The molecular formula is C27H29FN2O2S. The van der Waals surface area contributed by atoms with Crippen molar-refractivity contribution in [2.24, 2.45) is 5.92 Å². The fraction of sp³-hybridized carbons (Fsp3) is 0.333. The fourth-order valence-electron chi connectivity index (χ4n) is 4.53. The van der Waals surface area contributed by atoms with Gasteiger partial charge in [0.1, 0.15) is 12.4 Å². The molecule has 2 heterocycles. The molecule has 1 aromatic heterocycles. The zero-order chi connectivity index (χ0) is 23.5. The number of fused-ring (bicyclic) bond motifs is 1. The summed E-state index contributed by atoms with van der Waals surface area (Å²) in [7, 11) is 0. The molecule has 2 aromatic carbocycles. The molecule has 172 valence electrons. The van der Waals surface area contributed by atoms with Gasteiger partial charge in [-0.25, -0.2) is 4.39 Å². The first-order valence-corrected chi connectivity index (χ1v) is 12.2. The molecule has 4 rings (SSSR count). The summed E-state index contributed by atoms with van der Waals surface area (Å²) in [6.07, 6.45) is 0.809. The van der Waals surface area contributed by atoms with Crippen LogP contribution in [0, 0.1) is 18.7 Å². The molecule has 1 aliphatic heterocycles. The second-order valence-corrected chi connectivity index (χ2v) is 9.99. The van der Waals surface area contributed by atoms with Crippen molar-refractivity contribution in [3.8, 4) is 0 Å². The van der Waals surface area contributed by atoms with Crippen LogP contribution in [-0.4, -0.2) is 41.2 Å².